The van der Waals surface area contributed by atoms with Crippen molar-refractivity contribution < 1.29 is 22.3 Å². The summed E-state index contributed by atoms with van der Waals surface area (Å²) in [6.07, 6.45) is 0.281. The summed E-state index contributed by atoms with van der Waals surface area (Å²) in [5.41, 5.74) is 0.813. The van der Waals surface area contributed by atoms with Crippen LogP contribution in [0.1, 0.15) is 5.89 Å². The van der Waals surface area contributed by atoms with Crippen LogP contribution < -0.4 is 14.2 Å². The van der Waals surface area contributed by atoms with Crippen molar-refractivity contribution in [3.05, 3.63) is 54.4 Å². The second-order valence-electron chi connectivity index (χ2n) is 5.82. The van der Waals surface area contributed by atoms with Crippen molar-refractivity contribution >= 4 is 10.0 Å². The molecule has 9 heteroatoms. The third kappa shape index (κ3) is 3.93. The van der Waals surface area contributed by atoms with Crippen LogP contribution >= 0.6 is 0 Å². The first-order chi connectivity index (χ1) is 13.1. The van der Waals surface area contributed by atoms with Gasteiger partial charge in [0.15, 0.2) is 11.5 Å². The average Bonchev–Trinajstić information content (AvgIpc) is 3.17. The van der Waals surface area contributed by atoms with E-state index in [0.717, 1.165) is 5.56 Å². The minimum absolute atomic E-state index is 0.113. The number of ether oxygens (including phenoxy) is 2. The second kappa shape index (κ2) is 7.37. The molecular weight excluding hydrogens is 370 g/mol. The Labute approximate surface area is 156 Å². The first-order valence-corrected chi connectivity index (χ1v) is 9.87. The minimum atomic E-state index is -3.68. The Bertz CT molecular complexity index is 1030. The third-order valence-electron chi connectivity index (χ3n) is 3.94. The lowest BCUT2D eigenvalue weighted by molar-refractivity contribution is 0.171. The predicted octanol–water partition coefficient (Wildman–Crippen LogP) is 2.03. The number of nitrogens with one attached hydrogen (secondary N) is 1. The van der Waals surface area contributed by atoms with Gasteiger partial charge in [-0.2, -0.15) is 0 Å². The molecule has 140 valence electrons. The quantitative estimate of drug-likeness (QED) is 0.690. The van der Waals surface area contributed by atoms with Crippen LogP contribution in [0.25, 0.3) is 11.5 Å². The Morgan fingerprint density at radius 2 is 1.74 bits per heavy atom. The summed E-state index contributed by atoms with van der Waals surface area (Å²) in [5.74, 6) is 1.73. The topological polar surface area (TPSA) is 104 Å². The van der Waals surface area contributed by atoms with Crippen molar-refractivity contribution in [2.75, 3.05) is 19.8 Å². The van der Waals surface area contributed by atoms with Gasteiger partial charge in [0.05, 0.1) is 4.90 Å². The summed E-state index contributed by atoms with van der Waals surface area (Å²) < 4.78 is 43.8. The molecule has 1 N–H and O–H groups in total. The predicted molar refractivity (Wildman–Crippen MR) is 96.1 cm³/mol. The molecule has 0 fully saturated rings. The number of aromatic nitrogens is 2. The molecule has 3 aromatic rings. The summed E-state index contributed by atoms with van der Waals surface area (Å²) in [7, 11) is -3.68. The summed E-state index contributed by atoms with van der Waals surface area (Å²) in [6.45, 7) is 0.977. The molecule has 0 spiro atoms. The van der Waals surface area contributed by atoms with E-state index in [2.05, 4.69) is 14.9 Å². The Morgan fingerprint density at radius 3 is 2.56 bits per heavy atom. The number of fused-ring (bicyclic) bond motifs is 1. The summed E-state index contributed by atoms with van der Waals surface area (Å²) in [5, 5.41) is 7.94. The molecule has 0 amide bonds. The van der Waals surface area contributed by atoms with Gasteiger partial charge in [-0.25, -0.2) is 13.1 Å². The zero-order chi connectivity index (χ0) is 18.7. The highest BCUT2D eigenvalue weighted by atomic mass is 32.2. The van der Waals surface area contributed by atoms with Crippen molar-refractivity contribution in [3.8, 4) is 23.0 Å². The zero-order valence-electron chi connectivity index (χ0n) is 14.3. The van der Waals surface area contributed by atoms with Crippen LogP contribution in [0, 0.1) is 0 Å². The molecule has 1 aliphatic rings. The van der Waals surface area contributed by atoms with Gasteiger partial charge in [0.2, 0.25) is 21.8 Å². The Balaban J connectivity index is 1.39. The van der Waals surface area contributed by atoms with E-state index in [0.29, 0.717) is 36.5 Å². The second-order valence-corrected chi connectivity index (χ2v) is 7.59. The van der Waals surface area contributed by atoms with E-state index in [1.165, 1.54) is 12.1 Å². The van der Waals surface area contributed by atoms with E-state index >= 15 is 0 Å². The van der Waals surface area contributed by atoms with Crippen LogP contribution in [0.2, 0.25) is 0 Å². The Kier molecular flexibility index (Phi) is 4.78. The largest absolute Gasteiger partial charge is 0.486 e. The minimum Gasteiger partial charge on any atom is -0.486 e. The summed E-state index contributed by atoms with van der Waals surface area (Å²) in [4.78, 5) is 0.113. The normalized spacial score (nSPS) is 13.5. The number of hydrogen-bond acceptors (Lipinski definition) is 7. The monoisotopic (exact) mass is 387 g/mol. The first kappa shape index (κ1) is 17.5. The number of rotatable bonds is 6. The fourth-order valence-corrected chi connectivity index (χ4v) is 3.67. The standard InChI is InChI=1S/C18H17N3O5S/c22-27(23,14-6-7-15-16(12-14)25-11-10-24-15)19-9-8-17-20-21-18(26-17)13-4-2-1-3-5-13/h1-7,12,19H,8-11H2. The average molecular weight is 387 g/mol. The van der Waals surface area contributed by atoms with E-state index in [1.807, 2.05) is 30.3 Å². The van der Waals surface area contributed by atoms with Gasteiger partial charge in [-0.15, -0.1) is 10.2 Å². The number of benzene rings is 2. The van der Waals surface area contributed by atoms with Gasteiger partial charge in [0.25, 0.3) is 0 Å². The molecule has 0 radical (unpaired) electrons. The summed E-state index contributed by atoms with van der Waals surface area (Å²) in [6, 6.07) is 13.9. The van der Waals surface area contributed by atoms with E-state index in [4.69, 9.17) is 13.9 Å². The maximum Gasteiger partial charge on any atom is 0.247 e. The van der Waals surface area contributed by atoms with Crippen molar-refractivity contribution in [3.63, 3.8) is 0 Å². The van der Waals surface area contributed by atoms with Crippen molar-refractivity contribution in [1.82, 2.24) is 14.9 Å². The van der Waals surface area contributed by atoms with E-state index in [9.17, 15) is 8.42 Å². The van der Waals surface area contributed by atoms with Gasteiger partial charge < -0.3 is 13.9 Å². The summed E-state index contributed by atoms with van der Waals surface area (Å²) >= 11 is 0. The molecule has 1 aliphatic heterocycles. The molecule has 0 atom stereocenters. The molecule has 4 rings (SSSR count). The highest BCUT2D eigenvalue weighted by molar-refractivity contribution is 7.89. The smallest absolute Gasteiger partial charge is 0.247 e. The van der Waals surface area contributed by atoms with E-state index in [1.54, 1.807) is 6.07 Å². The van der Waals surface area contributed by atoms with Crippen LogP contribution in [0.5, 0.6) is 11.5 Å². The molecule has 27 heavy (non-hydrogen) atoms. The molecule has 2 heterocycles. The molecule has 0 aliphatic carbocycles. The van der Waals surface area contributed by atoms with Crippen LogP contribution in [0.3, 0.4) is 0 Å². The lowest BCUT2D eigenvalue weighted by Gasteiger charge is -2.18. The molecule has 1 aromatic heterocycles. The van der Waals surface area contributed by atoms with Gasteiger partial charge in [0, 0.05) is 24.6 Å². The van der Waals surface area contributed by atoms with Gasteiger partial charge in [0.1, 0.15) is 13.2 Å². The third-order valence-corrected chi connectivity index (χ3v) is 5.40. The van der Waals surface area contributed by atoms with Crippen LogP contribution in [-0.4, -0.2) is 38.4 Å². The Hall–Kier alpha value is -2.91. The molecule has 0 bridgehead atoms. The highest BCUT2D eigenvalue weighted by Crippen LogP contribution is 2.32. The lowest BCUT2D eigenvalue weighted by atomic mass is 10.2. The SMILES string of the molecule is O=S(=O)(NCCc1nnc(-c2ccccc2)o1)c1ccc2c(c1)OCCO2. The van der Waals surface area contributed by atoms with Crippen molar-refractivity contribution in [1.29, 1.82) is 0 Å². The fraction of sp³-hybridized carbons (Fsp3) is 0.222. The molecule has 0 unspecified atom stereocenters. The Morgan fingerprint density at radius 1 is 0.963 bits per heavy atom. The van der Waals surface area contributed by atoms with Crippen molar-refractivity contribution in [2.24, 2.45) is 0 Å². The zero-order valence-corrected chi connectivity index (χ0v) is 15.1. The molecule has 2 aromatic carbocycles. The molecule has 0 saturated heterocycles. The van der Waals surface area contributed by atoms with Gasteiger partial charge in [-0.05, 0) is 24.3 Å². The molecular formula is C18H17N3O5S. The van der Waals surface area contributed by atoms with Crippen LogP contribution in [0.4, 0.5) is 0 Å². The van der Waals surface area contributed by atoms with E-state index in [-0.39, 0.29) is 17.9 Å². The fourth-order valence-electron chi connectivity index (χ4n) is 2.62. The van der Waals surface area contributed by atoms with Gasteiger partial charge >= 0.3 is 0 Å². The maximum atomic E-state index is 12.5. The lowest BCUT2D eigenvalue weighted by Crippen LogP contribution is -2.26. The maximum absolute atomic E-state index is 12.5. The highest BCUT2D eigenvalue weighted by Gasteiger charge is 2.19. The van der Waals surface area contributed by atoms with Gasteiger partial charge in [-0.3, -0.25) is 0 Å². The van der Waals surface area contributed by atoms with Crippen molar-refractivity contribution in [2.45, 2.75) is 11.3 Å². The van der Waals surface area contributed by atoms with E-state index < -0.39 is 10.0 Å². The first-order valence-electron chi connectivity index (χ1n) is 8.39. The molecule has 0 saturated carbocycles. The van der Waals surface area contributed by atoms with Crippen LogP contribution in [0.15, 0.2) is 57.8 Å². The number of sulfonamides is 1. The molecule has 8 nitrogen and oxygen atoms in total. The number of hydrogen-bond donors (Lipinski definition) is 1. The van der Waals surface area contributed by atoms with Gasteiger partial charge in [-0.1, -0.05) is 18.2 Å². The number of nitrogens with zero attached hydrogens (tertiary/aromatic N) is 2. The van der Waals surface area contributed by atoms with Crippen LogP contribution in [-0.2, 0) is 16.4 Å².